The van der Waals surface area contributed by atoms with Gasteiger partial charge in [-0.25, -0.2) is 14.2 Å². The molecule has 0 atom stereocenters. The molecule has 0 aliphatic rings. The van der Waals surface area contributed by atoms with Gasteiger partial charge < -0.3 is 15.2 Å². The van der Waals surface area contributed by atoms with Crippen molar-refractivity contribution in [2.45, 2.75) is 6.54 Å². The van der Waals surface area contributed by atoms with Gasteiger partial charge in [-0.3, -0.25) is 4.79 Å². The van der Waals surface area contributed by atoms with Gasteiger partial charge >= 0.3 is 5.97 Å². The van der Waals surface area contributed by atoms with E-state index in [1.807, 2.05) is 0 Å². The zero-order chi connectivity index (χ0) is 20.8. The molecule has 0 saturated carbocycles. The number of carboxylic acids is 1. The van der Waals surface area contributed by atoms with E-state index in [1.54, 1.807) is 36.4 Å². The Morgan fingerprint density at radius 2 is 1.93 bits per heavy atom. The van der Waals surface area contributed by atoms with E-state index in [4.69, 9.17) is 16.3 Å². The van der Waals surface area contributed by atoms with Crippen LogP contribution in [-0.2, 0) is 6.54 Å². The predicted octanol–water partition coefficient (Wildman–Crippen LogP) is 3.62. The molecule has 7 heteroatoms. The summed E-state index contributed by atoms with van der Waals surface area (Å²) in [6.07, 6.45) is 6.31. The number of rotatable bonds is 6. The smallest absolute Gasteiger partial charge is 0.335 e. The first-order chi connectivity index (χ1) is 14.0. The Morgan fingerprint density at radius 1 is 1.17 bits per heavy atom. The number of aromatic nitrogens is 1. The highest BCUT2D eigenvalue weighted by Crippen LogP contribution is 2.24. The number of aromatic carboxylic acids is 1. The van der Waals surface area contributed by atoms with Crippen LogP contribution in [0.4, 0.5) is 4.39 Å². The molecule has 3 rings (SSSR count). The van der Waals surface area contributed by atoms with Crippen molar-refractivity contribution in [1.82, 2.24) is 10.3 Å². The number of halogens is 1. The van der Waals surface area contributed by atoms with E-state index in [0.717, 1.165) is 12.3 Å². The van der Waals surface area contributed by atoms with Crippen LogP contribution < -0.4 is 10.1 Å². The van der Waals surface area contributed by atoms with E-state index >= 15 is 0 Å². The summed E-state index contributed by atoms with van der Waals surface area (Å²) in [7, 11) is 0. The Morgan fingerprint density at radius 3 is 2.62 bits per heavy atom. The quantitative estimate of drug-likeness (QED) is 0.628. The molecule has 3 aromatic rings. The molecule has 0 fully saturated rings. The average molecular weight is 390 g/mol. The van der Waals surface area contributed by atoms with Crippen LogP contribution in [0.5, 0.6) is 11.6 Å². The van der Waals surface area contributed by atoms with Crippen molar-refractivity contribution in [3.63, 3.8) is 0 Å². The SMILES string of the molecule is C#Cc1cccc(Oc2ncc(F)cc2C(=O)NCc2ccc(C(=O)O)cc2)c1. The van der Waals surface area contributed by atoms with Crippen LogP contribution in [0.2, 0.25) is 0 Å². The third-order valence-corrected chi connectivity index (χ3v) is 3.93. The summed E-state index contributed by atoms with van der Waals surface area (Å²) in [5.41, 5.74) is 1.31. The van der Waals surface area contributed by atoms with Gasteiger partial charge in [0.2, 0.25) is 5.88 Å². The minimum Gasteiger partial charge on any atom is -0.478 e. The van der Waals surface area contributed by atoms with Gasteiger partial charge in [0.05, 0.1) is 11.8 Å². The number of hydrogen-bond acceptors (Lipinski definition) is 4. The van der Waals surface area contributed by atoms with Crippen LogP contribution >= 0.6 is 0 Å². The van der Waals surface area contributed by atoms with Crippen molar-refractivity contribution >= 4 is 11.9 Å². The fourth-order valence-electron chi connectivity index (χ4n) is 2.47. The second kappa shape index (κ2) is 8.67. The van der Waals surface area contributed by atoms with Gasteiger partial charge in [-0.05, 0) is 42.0 Å². The number of benzene rings is 2. The zero-order valence-electron chi connectivity index (χ0n) is 15.1. The Balaban J connectivity index is 1.76. The van der Waals surface area contributed by atoms with E-state index in [1.165, 1.54) is 12.1 Å². The van der Waals surface area contributed by atoms with Crippen LogP contribution in [0, 0.1) is 18.2 Å². The van der Waals surface area contributed by atoms with Crippen LogP contribution in [0.3, 0.4) is 0 Å². The van der Waals surface area contributed by atoms with Crippen LogP contribution in [0.25, 0.3) is 0 Å². The summed E-state index contributed by atoms with van der Waals surface area (Å²) in [4.78, 5) is 27.3. The first-order valence-corrected chi connectivity index (χ1v) is 8.47. The number of hydrogen-bond donors (Lipinski definition) is 2. The Hall–Kier alpha value is -4.18. The maximum atomic E-state index is 13.7. The topological polar surface area (TPSA) is 88.5 Å². The first-order valence-electron chi connectivity index (χ1n) is 8.47. The number of amides is 1. The molecular formula is C22H15FN2O4. The maximum Gasteiger partial charge on any atom is 0.335 e. The third-order valence-electron chi connectivity index (χ3n) is 3.93. The van der Waals surface area contributed by atoms with Gasteiger partial charge in [0.15, 0.2) is 0 Å². The van der Waals surface area contributed by atoms with Crippen molar-refractivity contribution in [3.8, 4) is 24.0 Å². The number of carboxylic acid groups (broad SMARTS) is 1. The minimum atomic E-state index is -1.04. The summed E-state index contributed by atoms with van der Waals surface area (Å²) in [5.74, 6) is 0.438. The van der Waals surface area contributed by atoms with E-state index < -0.39 is 17.7 Å². The van der Waals surface area contributed by atoms with Crippen LogP contribution in [0.1, 0.15) is 31.8 Å². The zero-order valence-corrected chi connectivity index (χ0v) is 15.1. The number of pyridine rings is 1. The molecule has 0 saturated heterocycles. The molecule has 29 heavy (non-hydrogen) atoms. The van der Waals surface area contributed by atoms with Gasteiger partial charge in [-0.1, -0.05) is 24.1 Å². The first kappa shape index (κ1) is 19.6. The number of terminal acetylenes is 1. The van der Waals surface area contributed by atoms with Crippen molar-refractivity contribution in [2.75, 3.05) is 0 Å². The lowest BCUT2D eigenvalue weighted by molar-refractivity contribution is 0.0696. The minimum absolute atomic E-state index is 0.0701. The molecule has 6 nitrogen and oxygen atoms in total. The Kier molecular flexibility index (Phi) is 5.85. The molecule has 0 spiro atoms. The fraction of sp³-hybridized carbons (Fsp3) is 0.0455. The molecule has 144 valence electrons. The number of nitrogens with zero attached hydrogens (tertiary/aromatic N) is 1. The Bertz CT molecular complexity index is 1100. The second-order valence-corrected chi connectivity index (χ2v) is 5.97. The summed E-state index contributed by atoms with van der Waals surface area (Å²) < 4.78 is 19.3. The van der Waals surface area contributed by atoms with Crippen molar-refractivity contribution < 1.29 is 23.8 Å². The summed E-state index contributed by atoms with van der Waals surface area (Å²) in [5, 5.41) is 11.6. The molecule has 2 aromatic carbocycles. The lowest BCUT2D eigenvalue weighted by Crippen LogP contribution is -2.23. The Labute approximate surface area is 166 Å². The molecule has 0 radical (unpaired) electrons. The van der Waals surface area contributed by atoms with E-state index in [9.17, 15) is 14.0 Å². The molecule has 0 bridgehead atoms. The lowest BCUT2D eigenvalue weighted by Gasteiger charge is -2.11. The highest BCUT2D eigenvalue weighted by molar-refractivity contribution is 5.96. The molecule has 1 heterocycles. The summed E-state index contributed by atoms with van der Waals surface area (Å²) in [6, 6.07) is 13.7. The van der Waals surface area contributed by atoms with Gasteiger partial charge in [0.25, 0.3) is 5.91 Å². The molecule has 1 aromatic heterocycles. The molecular weight excluding hydrogens is 375 g/mol. The predicted molar refractivity (Wildman–Crippen MR) is 103 cm³/mol. The normalized spacial score (nSPS) is 10.1. The van der Waals surface area contributed by atoms with E-state index in [2.05, 4.69) is 16.2 Å². The molecule has 2 N–H and O–H groups in total. The number of carbonyl (C=O) groups is 2. The van der Waals surface area contributed by atoms with E-state index in [0.29, 0.717) is 16.9 Å². The van der Waals surface area contributed by atoms with Gasteiger partial charge in [0.1, 0.15) is 17.1 Å². The van der Waals surface area contributed by atoms with Gasteiger partial charge in [-0.15, -0.1) is 6.42 Å². The van der Waals surface area contributed by atoms with E-state index in [-0.39, 0.29) is 23.6 Å². The fourth-order valence-corrected chi connectivity index (χ4v) is 2.47. The van der Waals surface area contributed by atoms with Crippen molar-refractivity contribution in [1.29, 1.82) is 0 Å². The van der Waals surface area contributed by atoms with Crippen LogP contribution in [-0.4, -0.2) is 22.0 Å². The van der Waals surface area contributed by atoms with Gasteiger partial charge in [0, 0.05) is 12.1 Å². The summed E-state index contributed by atoms with van der Waals surface area (Å²) >= 11 is 0. The average Bonchev–Trinajstić information content (AvgIpc) is 2.73. The summed E-state index contributed by atoms with van der Waals surface area (Å²) in [6.45, 7) is 0.112. The molecule has 0 aliphatic carbocycles. The second-order valence-electron chi connectivity index (χ2n) is 5.97. The van der Waals surface area contributed by atoms with Crippen molar-refractivity contribution in [3.05, 3.63) is 88.9 Å². The van der Waals surface area contributed by atoms with Gasteiger partial charge in [-0.2, -0.15) is 0 Å². The monoisotopic (exact) mass is 390 g/mol. The number of ether oxygens (including phenoxy) is 1. The molecule has 1 amide bonds. The molecule has 0 unspecified atom stereocenters. The van der Waals surface area contributed by atoms with Crippen LogP contribution in [0.15, 0.2) is 60.8 Å². The third kappa shape index (κ3) is 4.96. The maximum absolute atomic E-state index is 13.7. The van der Waals surface area contributed by atoms with Crippen molar-refractivity contribution in [2.24, 2.45) is 0 Å². The largest absolute Gasteiger partial charge is 0.478 e. The standard InChI is InChI=1S/C22H15FN2O4/c1-2-14-4-3-5-18(10-14)29-21-19(11-17(23)13-25-21)20(26)24-12-15-6-8-16(9-7-15)22(27)28/h1,3-11,13H,12H2,(H,24,26)(H,27,28). The highest BCUT2D eigenvalue weighted by atomic mass is 19.1. The number of nitrogens with one attached hydrogen (secondary N) is 1. The molecule has 0 aliphatic heterocycles. The lowest BCUT2D eigenvalue weighted by atomic mass is 10.1. The highest BCUT2D eigenvalue weighted by Gasteiger charge is 2.16. The number of carbonyl (C=O) groups excluding carboxylic acids is 1.